The number of nitrogens with zero attached hydrogens (tertiary/aromatic N) is 1. The highest BCUT2D eigenvalue weighted by Gasteiger charge is 2.13. The van der Waals surface area contributed by atoms with Gasteiger partial charge in [0.2, 0.25) is 0 Å². The Hall–Kier alpha value is -1.36. The van der Waals surface area contributed by atoms with E-state index >= 15 is 0 Å². The molecule has 0 aromatic carbocycles. The van der Waals surface area contributed by atoms with Gasteiger partial charge in [-0.05, 0) is 34.5 Å². The number of nitrogens with one attached hydrogen (secondary N) is 1. The Morgan fingerprint density at radius 2 is 2.36 bits per heavy atom. The van der Waals surface area contributed by atoms with Crippen LogP contribution >= 0.6 is 15.9 Å². The van der Waals surface area contributed by atoms with E-state index in [1.165, 1.54) is 6.20 Å². The second-order valence-corrected chi connectivity index (χ2v) is 3.81. The summed E-state index contributed by atoms with van der Waals surface area (Å²) in [5.41, 5.74) is 1.74. The zero-order valence-electron chi connectivity index (χ0n) is 7.34. The summed E-state index contributed by atoms with van der Waals surface area (Å²) in [6, 6.07) is 1.79. The Bertz CT molecular complexity index is 519. The molecule has 4 nitrogen and oxygen atoms in total. The Labute approximate surface area is 88.1 Å². The van der Waals surface area contributed by atoms with Crippen molar-refractivity contribution in [3.63, 3.8) is 0 Å². The predicted octanol–water partition coefficient (Wildman–Crippen LogP) is 2.33. The first-order chi connectivity index (χ1) is 6.59. The van der Waals surface area contributed by atoms with Gasteiger partial charge in [0, 0.05) is 11.6 Å². The zero-order chi connectivity index (χ0) is 10.3. The fourth-order valence-corrected chi connectivity index (χ4v) is 1.98. The van der Waals surface area contributed by atoms with Gasteiger partial charge in [0.15, 0.2) is 0 Å². The summed E-state index contributed by atoms with van der Waals surface area (Å²) in [4.78, 5) is 17.8. The predicted molar refractivity (Wildman–Crippen MR) is 55.5 cm³/mol. The minimum absolute atomic E-state index is 0.262. The maximum absolute atomic E-state index is 10.9. The molecule has 2 aromatic rings. The minimum Gasteiger partial charge on any atom is -0.478 e. The molecule has 0 fully saturated rings. The van der Waals surface area contributed by atoms with Crippen LogP contribution in [0.3, 0.4) is 0 Å². The maximum atomic E-state index is 10.9. The van der Waals surface area contributed by atoms with Gasteiger partial charge in [0.25, 0.3) is 0 Å². The first-order valence-corrected chi connectivity index (χ1v) is 4.76. The molecular weight excluding hydrogens is 248 g/mol. The van der Waals surface area contributed by atoms with Gasteiger partial charge in [-0.1, -0.05) is 0 Å². The van der Waals surface area contributed by atoms with Gasteiger partial charge >= 0.3 is 5.97 Å². The van der Waals surface area contributed by atoms with E-state index in [1.54, 1.807) is 6.07 Å². The number of H-pyrrole nitrogens is 1. The van der Waals surface area contributed by atoms with Crippen LogP contribution in [0.15, 0.2) is 16.9 Å². The Morgan fingerprint density at radius 3 is 3.00 bits per heavy atom. The van der Waals surface area contributed by atoms with Gasteiger partial charge < -0.3 is 10.1 Å². The lowest BCUT2D eigenvalue weighted by Gasteiger charge is -1.98. The molecule has 0 aliphatic rings. The molecule has 5 heteroatoms. The number of aryl methyl sites for hydroxylation is 1. The normalized spacial score (nSPS) is 10.7. The van der Waals surface area contributed by atoms with Crippen molar-refractivity contribution in [2.75, 3.05) is 0 Å². The number of aromatic nitrogens is 2. The molecule has 0 aliphatic heterocycles. The second kappa shape index (κ2) is 3.09. The molecule has 0 saturated carbocycles. The van der Waals surface area contributed by atoms with Crippen LogP contribution < -0.4 is 0 Å². The molecule has 0 spiro atoms. The summed E-state index contributed by atoms with van der Waals surface area (Å²) in [5, 5.41) is 9.57. The maximum Gasteiger partial charge on any atom is 0.337 e. The van der Waals surface area contributed by atoms with E-state index in [2.05, 4.69) is 25.9 Å². The first kappa shape index (κ1) is 9.21. The lowest BCUT2D eigenvalue weighted by Crippen LogP contribution is -1.95. The van der Waals surface area contributed by atoms with Crippen LogP contribution in [0.25, 0.3) is 11.0 Å². The van der Waals surface area contributed by atoms with Gasteiger partial charge in [0.05, 0.1) is 5.56 Å². The molecule has 0 radical (unpaired) electrons. The summed E-state index contributed by atoms with van der Waals surface area (Å²) in [6.07, 6.45) is 1.46. The largest absolute Gasteiger partial charge is 0.478 e. The molecule has 14 heavy (non-hydrogen) atoms. The van der Waals surface area contributed by atoms with Crippen molar-refractivity contribution in [3.05, 3.63) is 28.0 Å². The first-order valence-electron chi connectivity index (χ1n) is 3.97. The molecule has 2 rings (SSSR count). The van der Waals surface area contributed by atoms with Crippen LogP contribution in [-0.2, 0) is 0 Å². The highest BCUT2D eigenvalue weighted by Crippen LogP contribution is 2.23. The van der Waals surface area contributed by atoms with Crippen molar-refractivity contribution in [1.82, 2.24) is 9.97 Å². The fourth-order valence-electron chi connectivity index (χ4n) is 1.46. The highest BCUT2D eigenvalue weighted by atomic mass is 79.9. The Kier molecular flexibility index (Phi) is 2.03. The third kappa shape index (κ3) is 1.29. The minimum atomic E-state index is -0.941. The lowest BCUT2D eigenvalue weighted by molar-refractivity contribution is 0.0699. The number of hydrogen-bond acceptors (Lipinski definition) is 2. The molecular formula is C9H7BrN2O2. The topological polar surface area (TPSA) is 66.0 Å². The van der Waals surface area contributed by atoms with Gasteiger partial charge in [-0.15, -0.1) is 0 Å². The van der Waals surface area contributed by atoms with Gasteiger partial charge in [-0.2, -0.15) is 0 Å². The SMILES string of the molecule is Cc1cc(Br)nc2[nH]cc(C(=O)O)c12. The molecule has 0 unspecified atom stereocenters. The van der Waals surface area contributed by atoms with Gasteiger partial charge in [0.1, 0.15) is 10.3 Å². The Morgan fingerprint density at radius 1 is 1.64 bits per heavy atom. The molecule has 0 bridgehead atoms. The molecule has 0 atom stereocenters. The summed E-state index contributed by atoms with van der Waals surface area (Å²) >= 11 is 3.25. The van der Waals surface area contributed by atoms with E-state index in [1.807, 2.05) is 6.92 Å². The van der Waals surface area contributed by atoms with E-state index in [0.29, 0.717) is 15.6 Å². The molecule has 2 N–H and O–H groups in total. The van der Waals surface area contributed by atoms with Crippen LogP contribution in [0.2, 0.25) is 0 Å². The van der Waals surface area contributed by atoms with Crippen LogP contribution in [0.5, 0.6) is 0 Å². The van der Waals surface area contributed by atoms with E-state index in [0.717, 1.165) is 5.56 Å². The lowest BCUT2D eigenvalue weighted by atomic mass is 10.1. The monoisotopic (exact) mass is 254 g/mol. The molecule has 2 aromatic heterocycles. The molecule has 0 amide bonds. The number of halogens is 1. The van der Waals surface area contributed by atoms with Crippen LogP contribution in [0, 0.1) is 6.92 Å². The van der Waals surface area contributed by atoms with E-state index < -0.39 is 5.97 Å². The van der Waals surface area contributed by atoms with E-state index in [9.17, 15) is 4.79 Å². The number of aromatic carboxylic acids is 1. The number of fused-ring (bicyclic) bond motifs is 1. The number of carboxylic acid groups (broad SMARTS) is 1. The smallest absolute Gasteiger partial charge is 0.337 e. The second-order valence-electron chi connectivity index (χ2n) is 2.99. The van der Waals surface area contributed by atoms with Crippen LogP contribution in [0.1, 0.15) is 15.9 Å². The number of carboxylic acids is 1. The third-order valence-electron chi connectivity index (χ3n) is 2.04. The van der Waals surface area contributed by atoms with Crippen molar-refractivity contribution in [2.24, 2.45) is 0 Å². The molecule has 72 valence electrons. The van der Waals surface area contributed by atoms with Crippen molar-refractivity contribution in [3.8, 4) is 0 Å². The summed E-state index contributed by atoms with van der Waals surface area (Å²) in [7, 11) is 0. The average Bonchev–Trinajstić information content (AvgIpc) is 2.47. The summed E-state index contributed by atoms with van der Waals surface area (Å²) < 4.78 is 0.696. The van der Waals surface area contributed by atoms with Crippen molar-refractivity contribution < 1.29 is 9.90 Å². The molecule has 2 heterocycles. The quantitative estimate of drug-likeness (QED) is 0.768. The van der Waals surface area contributed by atoms with Crippen LogP contribution in [0.4, 0.5) is 0 Å². The fraction of sp³-hybridized carbons (Fsp3) is 0.111. The standard InChI is InChI=1S/C9H7BrN2O2/c1-4-2-6(10)12-8-7(4)5(3-11-8)9(13)14/h2-3H,1H3,(H,11,12)(H,13,14). The number of carbonyl (C=O) groups is 1. The highest BCUT2D eigenvalue weighted by molar-refractivity contribution is 9.10. The van der Waals surface area contributed by atoms with Crippen LogP contribution in [-0.4, -0.2) is 21.0 Å². The Balaban J connectivity index is 2.85. The summed E-state index contributed by atoms with van der Waals surface area (Å²) in [6.45, 7) is 1.86. The number of pyridine rings is 1. The third-order valence-corrected chi connectivity index (χ3v) is 2.44. The molecule has 0 aliphatic carbocycles. The number of hydrogen-bond donors (Lipinski definition) is 2. The van der Waals surface area contributed by atoms with E-state index in [4.69, 9.17) is 5.11 Å². The van der Waals surface area contributed by atoms with Gasteiger partial charge in [-0.25, -0.2) is 9.78 Å². The summed E-state index contributed by atoms with van der Waals surface area (Å²) in [5.74, 6) is -0.941. The number of rotatable bonds is 1. The van der Waals surface area contributed by atoms with Gasteiger partial charge in [-0.3, -0.25) is 0 Å². The number of aromatic amines is 1. The van der Waals surface area contributed by atoms with Crippen molar-refractivity contribution in [1.29, 1.82) is 0 Å². The van der Waals surface area contributed by atoms with Crippen molar-refractivity contribution in [2.45, 2.75) is 6.92 Å². The molecule has 0 saturated heterocycles. The van der Waals surface area contributed by atoms with E-state index in [-0.39, 0.29) is 5.56 Å². The zero-order valence-corrected chi connectivity index (χ0v) is 8.92. The average molecular weight is 255 g/mol. The van der Waals surface area contributed by atoms with Crippen molar-refractivity contribution >= 4 is 32.9 Å².